The van der Waals surface area contributed by atoms with Crippen LogP contribution in [0.15, 0.2) is 51.7 Å². The van der Waals surface area contributed by atoms with Crippen molar-refractivity contribution in [2.45, 2.75) is 121 Å². The topological polar surface area (TPSA) is 45.1 Å². The van der Waals surface area contributed by atoms with E-state index in [0.717, 1.165) is 69.1 Å². The summed E-state index contributed by atoms with van der Waals surface area (Å²) < 4.78 is 31.1. The van der Waals surface area contributed by atoms with Crippen LogP contribution in [0.4, 0.5) is 8.63 Å². The van der Waals surface area contributed by atoms with Crippen LogP contribution in [-0.4, -0.2) is 34.7 Å². The van der Waals surface area contributed by atoms with E-state index in [-0.39, 0.29) is 12.1 Å². The number of aryl methyl sites for hydroxylation is 1. The molecule has 0 amide bonds. The van der Waals surface area contributed by atoms with Crippen LogP contribution >= 0.6 is 0 Å². The van der Waals surface area contributed by atoms with E-state index in [1.807, 2.05) is 20.8 Å². The number of aromatic amines is 1. The van der Waals surface area contributed by atoms with E-state index in [1.54, 1.807) is 0 Å². The molecule has 1 aromatic carbocycles. The predicted molar refractivity (Wildman–Crippen MR) is 196 cm³/mol. The molecule has 2 N–H and O–H groups in total. The van der Waals surface area contributed by atoms with Crippen LogP contribution in [-0.2, 0) is 12.8 Å². The summed E-state index contributed by atoms with van der Waals surface area (Å²) in [5.74, 6) is 0.331. The van der Waals surface area contributed by atoms with Gasteiger partial charge in [-0.3, -0.25) is 13.6 Å². The molecule has 4 nitrogen and oxygen atoms in total. The lowest BCUT2D eigenvalue weighted by Gasteiger charge is -2.24. The smallest absolute Gasteiger partial charge is 0.381 e. The minimum absolute atomic E-state index is 0.102. The van der Waals surface area contributed by atoms with Gasteiger partial charge in [0.05, 0.1) is 23.5 Å². The monoisotopic (exact) mass is 638 g/mol. The van der Waals surface area contributed by atoms with E-state index in [0.29, 0.717) is 23.7 Å². The van der Waals surface area contributed by atoms with Crippen molar-refractivity contribution in [1.29, 1.82) is 0 Å². The largest absolute Gasteiger partial charge is 0.677 e. The maximum atomic E-state index is 14.9. The average molecular weight is 639 g/mol. The second-order valence-corrected chi connectivity index (χ2v) is 13.6. The molecule has 4 heterocycles. The van der Waals surface area contributed by atoms with Gasteiger partial charge in [-0.25, -0.2) is 0 Å². The van der Waals surface area contributed by atoms with Crippen molar-refractivity contribution in [3.63, 3.8) is 0 Å². The van der Waals surface area contributed by atoms with Gasteiger partial charge < -0.3 is 14.8 Å². The Hall–Kier alpha value is -3.61. The normalized spacial score (nSPS) is 19.5. The summed E-state index contributed by atoms with van der Waals surface area (Å²) in [6.07, 6.45) is 3.56. The van der Waals surface area contributed by atoms with E-state index in [4.69, 9.17) is 4.99 Å². The first-order valence-electron chi connectivity index (χ1n) is 17.6. The maximum Gasteiger partial charge on any atom is 0.677 e. The molecule has 2 aliphatic heterocycles. The molecule has 2 aromatic heterocycles. The first-order valence-corrected chi connectivity index (χ1v) is 17.6. The van der Waals surface area contributed by atoms with Gasteiger partial charge >= 0.3 is 7.40 Å². The third-order valence-electron chi connectivity index (χ3n) is 11.2. The minimum Gasteiger partial charge on any atom is -0.381 e. The third kappa shape index (κ3) is 5.68. The molecular formula is C40H53BF2N4. The van der Waals surface area contributed by atoms with Gasteiger partial charge in [0.25, 0.3) is 0 Å². The number of H-pyrrole nitrogens is 1. The van der Waals surface area contributed by atoms with E-state index in [2.05, 4.69) is 96.9 Å². The van der Waals surface area contributed by atoms with Gasteiger partial charge in [0.2, 0.25) is 0 Å². The number of allylic oxidation sites excluding steroid dienone is 2. The fraction of sp³-hybridized carbons (Fsp3) is 0.475. The molecule has 0 radical (unpaired) electrons. The Labute approximate surface area is 281 Å². The molecule has 3 aromatic rings. The van der Waals surface area contributed by atoms with Gasteiger partial charge in [0, 0.05) is 39.8 Å². The first kappa shape index (κ1) is 34.7. The van der Waals surface area contributed by atoms with E-state index in [9.17, 15) is 8.63 Å². The first-order chi connectivity index (χ1) is 22.3. The van der Waals surface area contributed by atoms with Crippen molar-refractivity contribution in [2.75, 3.05) is 0 Å². The highest BCUT2D eigenvalue weighted by molar-refractivity contribution is 6.41. The van der Waals surface area contributed by atoms with Crippen molar-refractivity contribution in [1.82, 2.24) is 14.8 Å². The molecule has 0 bridgehead atoms. The van der Waals surface area contributed by atoms with Crippen LogP contribution in [0.1, 0.15) is 113 Å². The Morgan fingerprint density at radius 1 is 0.809 bits per heavy atom. The fourth-order valence-electron chi connectivity index (χ4n) is 8.80. The van der Waals surface area contributed by atoms with E-state index in [1.165, 1.54) is 38.0 Å². The van der Waals surface area contributed by atoms with Crippen LogP contribution in [0.2, 0.25) is 0 Å². The number of nitrogens with one attached hydrogen (secondary N) is 2. The fourth-order valence-corrected chi connectivity index (χ4v) is 8.80. The molecule has 0 aliphatic carbocycles. The predicted octanol–water partition coefficient (Wildman–Crippen LogP) is 8.21. The summed E-state index contributed by atoms with van der Waals surface area (Å²) in [5, 5.41) is 5.88. The Bertz CT molecular complexity index is 1910. The highest BCUT2D eigenvalue weighted by Crippen LogP contribution is 2.37. The van der Waals surface area contributed by atoms with Crippen molar-refractivity contribution < 1.29 is 8.63 Å². The summed E-state index contributed by atoms with van der Waals surface area (Å²) in [4.78, 5) is 8.88. The van der Waals surface area contributed by atoms with Crippen LogP contribution in [0.3, 0.4) is 0 Å². The van der Waals surface area contributed by atoms with Crippen LogP contribution in [0, 0.1) is 33.6 Å². The second-order valence-electron chi connectivity index (χ2n) is 13.6. The van der Waals surface area contributed by atoms with Crippen molar-refractivity contribution in [3.8, 4) is 0 Å². The minimum atomic E-state index is -2.65. The summed E-state index contributed by atoms with van der Waals surface area (Å²) in [6.45, 7) is 25.6. The molecule has 47 heavy (non-hydrogen) atoms. The lowest BCUT2D eigenvalue weighted by molar-refractivity contribution is 0.589. The second kappa shape index (κ2) is 13.5. The lowest BCUT2D eigenvalue weighted by Crippen LogP contribution is -2.36. The molecule has 0 spiro atoms. The number of aliphatic imine (C=N–C) groups is 1. The zero-order valence-electron chi connectivity index (χ0n) is 30.6. The summed E-state index contributed by atoms with van der Waals surface area (Å²) in [7, 11) is -2.65. The SMILES string of the molecule is CCC1=C(C)C(C(=c2ccc(=C(c3[nH]c(C)c(CC)c3C)c3c(C)c(CC)c(C)n3B(F)F)cc2)C2NC(C)=C(CC)C2C)=NC1C. The third-order valence-corrected chi connectivity index (χ3v) is 11.2. The highest BCUT2D eigenvalue weighted by Gasteiger charge is 2.36. The molecule has 3 atom stereocenters. The van der Waals surface area contributed by atoms with Gasteiger partial charge in [-0.2, -0.15) is 0 Å². The quantitative estimate of drug-likeness (QED) is 0.228. The van der Waals surface area contributed by atoms with Gasteiger partial charge in [0.1, 0.15) is 0 Å². The Morgan fingerprint density at radius 3 is 1.89 bits per heavy atom. The molecule has 5 rings (SSSR count). The van der Waals surface area contributed by atoms with Gasteiger partial charge in [-0.05, 0) is 124 Å². The lowest BCUT2D eigenvalue weighted by atomic mass is 9.84. The Balaban J connectivity index is 1.87. The van der Waals surface area contributed by atoms with Gasteiger partial charge in [0.15, 0.2) is 0 Å². The van der Waals surface area contributed by atoms with Crippen molar-refractivity contribution >= 4 is 24.3 Å². The van der Waals surface area contributed by atoms with Gasteiger partial charge in [-0.15, -0.1) is 0 Å². The summed E-state index contributed by atoms with van der Waals surface area (Å²) >= 11 is 0. The Kier molecular flexibility index (Phi) is 9.96. The maximum absolute atomic E-state index is 14.9. The number of hydrogen-bond donors (Lipinski definition) is 2. The van der Waals surface area contributed by atoms with E-state index < -0.39 is 7.40 Å². The Morgan fingerprint density at radius 2 is 1.40 bits per heavy atom. The number of aromatic nitrogens is 2. The standard InChI is InChI=1S/C40H53BF2N4/c1-13-31-21(5)37(44-25(31)9)35(38-22(6)32(14-2)26(10)45-38)29-17-19-30(20-18-29)36(39-23(7)33(15-3)27(11)46-39)40-24(8)34(16-4)28(12)47(40)41(42)43/h17-21,26,37,44,46H,13-16H2,1-12H3. The molecular weight excluding hydrogens is 585 g/mol. The van der Waals surface area contributed by atoms with Crippen LogP contribution in [0.25, 0.3) is 11.1 Å². The number of hydrogen-bond acceptors (Lipinski definition) is 2. The summed E-state index contributed by atoms with van der Waals surface area (Å²) in [6, 6.07) is 8.90. The number of benzene rings is 1. The number of rotatable bonds is 9. The van der Waals surface area contributed by atoms with Crippen LogP contribution < -0.4 is 15.8 Å². The molecule has 0 fully saturated rings. The van der Waals surface area contributed by atoms with Crippen molar-refractivity contribution in [2.24, 2.45) is 10.9 Å². The molecule has 0 saturated heterocycles. The summed E-state index contributed by atoms with van der Waals surface area (Å²) in [5.41, 5.74) is 16.0. The highest BCUT2D eigenvalue weighted by atomic mass is 19.2. The average Bonchev–Trinajstić information content (AvgIpc) is 3.67. The zero-order valence-corrected chi connectivity index (χ0v) is 30.6. The molecule has 2 aliphatic rings. The number of halogens is 2. The van der Waals surface area contributed by atoms with Crippen molar-refractivity contribution in [3.05, 3.63) is 102 Å². The van der Waals surface area contributed by atoms with E-state index >= 15 is 0 Å². The molecule has 7 heteroatoms. The van der Waals surface area contributed by atoms with Gasteiger partial charge in [-0.1, -0.05) is 58.9 Å². The number of nitrogens with zero attached hydrogens (tertiary/aromatic N) is 2. The zero-order chi connectivity index (χ0) is 34.5. The molecule has 0 saturated carbocycles. The van der Waals surface area contributed by atoms with Crippen LogP contribution in [0.5, 0.6) is 0 Å². The molecule has 3 unspecified atom stereocenters. The molecule has 250 valence electrons.